The maximum Gasteiger partial charge on any atom is 0.415 e. The first-order chi connectivity index (χ1) is 20.7. The molecule has 1 amide bonds. The van der Waals surface area contributed by atoms with Crippen LogP contribution in [0.5, 0.6) is 0 Å². The van der Waals surface area contributed by atoms with E-state index < -0.39 is 35.9 Å². The van der Waals surface area contributed by atoms with Crippen LogP contribution < -0.4 is 10.5 Å². The number of carbonyl (C=O) groups excluding carboxylic acids is 1. The van der Waals surface area contributed by atoms with E-state index in [2.05, 4.69) is 26.3 Å². The number of pyridine rings is 1. The predicted molar refractivity (Wildman–Crippen MR) is 154 cm³/mol. The van der Waals surface area contributed by atoms with Crippen molar-refractivity contribution < 1.29 is 18.0 Å². The Morgan fingerprint density at radius 1 is 1.29 bits per heavy atom. The minimum atomic E-state index is -3.16. The highest BCUT2D eigenvalue weighted by molar-refractivity contribution is 6.18. The van der Waals surface area contributed by atoms with E-state index >= 15 is 4.39 Å². The molecule has 41 heavy (non-hydrogen) atoms. The Morgan fingerprint density at radius 3 is 2.73 bits per heavy atom. The monoisotopic (exact) mass is 576 g/mol. The van der Waals surface area contributed by atoms with Crippen LogP contribution in [0.1, 0.15) is 36.1 Å². The number of aromatic nitrogens is 5. The first kappa shape index (κ1) is 24.0. The number of nitriles is 1. The number of nitrogens with zero attached hydrogens (tertiary/aromatic N) is 6. The Balaban J connectivity index is 1.89. The molecule has 5 rings (SSSR count). The Hall–Kier alpha value is -4.82. The first-order valence-corrected chi connectivity index (χ1v) is 12.8. The third-order valence-electron chi connectivity index (χ3n) is 6.31. The molecule has 2 aromatic carbocycles. The van der Waals surface area contributed by atoms with E-state index in [-0.39, 0.29) is 50.4 Å². The fraction of sp³-hybridized carbons (Fsp3) is 0.241. The van der Waals surface area contributed by atoms with Gasteiger partial charge in [-0.1, -0.05) is 24.3 Å². The standard InChI is InChI=1S/C29H25ClFN7O3/c1-29(2,3)41-28(40)37(4)26-24-17(22(12-30)35-36-27(24)39)11-21(34-26)19-14-33-38(5)25(19)23-18(13-32)16-9-7-6-8-15(16)10-20(23)31/h6-11,14H,12H2,1-5H3,(H,36,39)/i4D3. The van der Waals surface area contributed by atoms with Gasteiger partial charge >= 0.3 is 6.09 Å². The van der Waals surface area contributed by atoms with E-state index in [1.54, 1.807) is 52.1 Å². The molecule has 0 bridgehead atoms. The van der Waals surface area contributed by atoms with Crippen molar-refractivity contribution in [3.05, 3.63) is 70.0 Å². The van der Waals surface area contributed by atoms with Gasteiger partial charge in [0.15, 0.2) is 5.82 Å². The Labute approximate surface area is 243 Å². The fourth-order valence-electron chi connectivity index (χ4n) is 4.60. The van der Waals surface area contributed by atoms with Gasteiger partial charge in [0.1, 0.15) is 17.5 Å². The molecule has 0 atom stereocenters. The summed E-state index contributed by atoms with van der Waals surface area (Å²) in [5, 5.41) is 21.5. The number of fused-ring (bicyclic) bond motifs is 2. The molecule has 10 nitrogen and oxygen atoms in total. The average Bonchev–Trinajstić information content (AvgIpc) is 3.31. The van der Waals surface area contributed by atoms with E-state index in [0.717, 1.165) is 0 Å². The van der Waals surface area contributed by atoms with Crippen molar-refractivity contribution in [2.45, 2.75) is 32.3 Å². The Bertz CT molecular complexity index is 2060. The summed E-state index contributed by atoms with van der Waals surface area (Å²) in [5.74, 6) is -1.46. The van der Waals surface area contributed by atoms with Crippen molar-refractivity contribution >= 4 is 45.1 Å². The minimum Gasteiger partial charge on any atom is -0.443 e. The van der Waals surface area contributed by atoms with Gasteiger partial charge in [0, 0.05) is 34.5 Å². The summed E-state index contributed by atoms with van der Waals surface area (Å²) in [7, 11) is 1.54. The van der Waals surface area contributed by atoms with Gasteiger partial charge in [0.2, 0.25) is 0 Å². The summed E-state index contributed by atoms with van der Waals surface area (Å²) in [6.07, 6.45) is 0.0721. The molecule has 0 spiro atoms. The first-order valence-electron chi connectivity index (χ1n) is 13.8. The predicted octanol–water partition coefficient (Wildman–Crippen LogP) is 5.66. The summed E-state index contributed by atoms with van der Waals surface area (Å²) in [4.78, 5) is 31.3. The number of amides is 1. The Kier molecular flexibility index (Phi) is 6.03. The summed E-state index contributed by atoms with van der Waals surface area (Å²) < 4.78 is 47.1. The lowest BCUT2D eigenvalue weighted by molar-refractivity contribution is 0.0588. The maximum atomic E-state index is 15.8. The van der Waals surface area contributed by atoms with Gasteiger partial charge in [0.05, 0.1) is 45.7 Å². The number of aromatic amines is 1. The number of rotatable bonds is 4. The quantitative estimate of drug-likeness (QED) is 0.273. The molecule has 0 saturated heterocycles. The topological polar surface area (TPSA) is 130 Å². The SMILES string of the molecule is [2H]C([2H])([2H])N(C(=O)OC(C)(C)C)c1nc(-c2cnn(C)c2-c2c(F)cc3ccccc3c2C#N)cc2c(CCl)n[nH]c(=O)c12. The van der Waals surface area contributed by atoms with Gasteiger partial charge in [-0.15, -0.1) is 11.6 Å². The second-order valence-corrected chi connectivity index (χ2v) is 10.4. The molecular formula is C29H25ClFN7O3. The number of alkyl halides is 1. The van der Waals surface area contributed by atoms with E-state index in [1.807, 2.05) is 0 Å². The molecule has 3 aromatic heterocycles. The number of hydrogen-bond donors (Lipinski definition) is 1. The highest BCUT2D eigenvalue weighted by Crippen LogP contribution is 2.39. The largest absolute Gasteiger partial charge is 0.443 e. The van der Waals surface area contributed by atoms with E-state index in [0.29, 0.717) is 15.7 Å². The second-order valence-electron chi connectivity index (χ2n) is 10.2. The van der Waals surface area contributed by atoms with Crippen molar-refractivity contribution in [1.82, 2.24) is 25.0 Å². The number of aryl methyl sites for hydroxylation is 1. The number of nitrogens with one attached hydrogen (secondary N) is 1. The summed E-state index contributed by atoms with van der Waals surface area (Å²) in [6, 6.07) is 11.7. The lowest BCUT2D eigenvalue weighted by Crippen LogP contribution is -2.35. The lowest BCUT2D eigenvalue weighted by Gasteiger charge is -2.25. The van der Waals surface area contributed by atoms with Crippen molar-refractivity contribution in [1.29, 1.82) is 5.26 Å². The zero-order valence-corrected chi connectivity index (χ0v) is 23.2. The molecule has 1 N–H and O–H groups in total. The van der Waals surface area contributed by atoms with Crippen LogP contribution >= 0.6 is 11.6 Å². The maximum absolute atomic E-state index is 15.8. The van der Waals surface area contributed by atoms with Gasteiger partial charge in [-0.3, -0.25) is 14.4 Å². The zero-order chi connectivity index (χ0) is 32.1. The van der Waals surface area contributed by atoms with Crippen molar-refractivity contribution in [2.75, 3.05) is 11.9 Å². The van der Waals surface area contributed by atoms with Gasteiger partial charge in [-0.2, -0.15) is 15.5 Å². The molecule has 0 aliphatic heterocycles. The molecule has 0 saturated carbocycles. The number of hydrogen-bond acceptors (Lipinski definition) is 7. The highest BCUT2D eigenvalue weighted by Gasteiger charge is 2.28. The highest BCUT2D eigenvalue weighted by atomic mass is 35.5. The third-order valence-corrected chi connectivity index (χ3v) is 6.56. The smallest absolute Gasteiger partial charge is 0.415 e. The van der Waals surface area contributed by atoms with Crippen LogP contribution in [0.15, 0.2) is 47.4 Å². The molecule has 0 radical (unpaired) electrons. The van der Waals surface area contributed by atoms with Crippen LogP contribution in [-0.4, -0.2) is 43.6 Å². The zero-order valence-electron chi connectivity index (χ0n) is 25.4. The van der Waals surface area contributed by atoms with Crippen molar-refractivity contribution in [3.63, 3.8) is 0 Å². The number of benzene rings is 2. The van der Waals surface area contributed by atoms with Crippen molar-refractivity contribution in [2.24, 2.45) is 7.05 Å². The Morgan fingerprint density at radius 2 is 2.05 bits per heavy atom. The van der Waals surface area contributed by atoms with E-state index in [9.17, 15) is 14.9 Å². The summed E-state index contributed by atoms with van der Waals surface area (Å²) >= 11 is 6.15. The van der Waals surface area contributed by atoms with Gasteiger partial charge < -0.3 is 4.74 Å². The minimum absolute atomic E-state index is 0.00336. The van der Waals surface area contributed by atoms with Gasteiger partial charge in [0.25, 0.3) is 5.56 Å². The van der Waals surface area contributed by atoms with Crippen LogP contribution in [0.2, 0.25) is 0 Å². The van der Waals surface area contributed by atoms with Crippen LogP contribution in [0.4, 0.5) is 15.0 Å². The molecule has 3 heterocycles. The molecule has 0 aliphatic rings. The molecular weight excluding hydrogens is 549 g/mol. The van der Waals surface area contributed by atoms with Crippen LogP contribution in [0, 0.1) is 17.1 Å². The van der Waals surface area contributed by atoms with Crippen LogP contribution in [0.25, 0.3) is 44.1 Å². The number of H-pyrrole nitrogens is 1. The summed E-state index contributed by atoms with van der Waals surface area (Å²) in [6.45, 7) is 1.51. The normalized spacial score (nSPS) is 13.0. The number of ether oxygens (including phenoxy) is 1. The second kappa shape index (κ2) is 10.3. The summed E-state index contributed by atoms with van der Waals surface area (Å²) in [5.41, 5.74) is -1.47. The van der Waals surface area contributed by atoms with Gasteiger partial charge in [-0.05, 0) is 38.3 Å². The average molecular weight is 577 g/mol. The van der Waals surface area contributed by atoms with Crippen LogP contribution in [-0.2, 0) is 17.7 Å². The number of carbonyl (C=O) groups is 1. The third kappa shape index (κ3) is 4.87. The molecule has 0 fully saturated rings. The molecule has 12 heteroatoms. The van der Waals surface area contributed by atoms with Crippen LogP contribution in [0.3, 0.4) is 0 Å². The molecule has 0 aliphatic carbocycles. The number of halogens is 2. The molecule has 0 unspecified atom stereocenters. The van der Waals surface area contributed by atoms with E-state index in [4.69, 9.17) is 20.5 Å². The fourth-order valence-corrected chi connectivity index (χ4v) is 4.80. The van der Waals surface area contributed by atoms with Crippen molar-refractivity contribution in [3.8, 4) is 28.6 Å². The van der Waals surface area contributed by atoms with E-state index in [1.165, 1.54) is 23.0 Å². The van der Waals surface area contributed by atoms with Gasteiger partial charge in [-0.25, -0.2) is 19.3 Å². The lowest BCUT2D eigenvalue weighted by atomic mass is 9.94. The molecule has 5 aromatic rings. The number of anilines is 1. The molecule has 208 valence electrons.